The van der Waals surface area contributed by atoms with Crippen LogP contribution >= 0.6 is 0 Å². The second-order valence-electron chi connectivity index (χ2n) is 9.64. The topological polar surface area (TPSA) is 20.2 Å². The molecule has 2 aliphatic carbocycles. The van der Waals surface area contributed by atoms with Gasteiger partial charge >= 0.3 is 0 Å². The number of aliphatic hydroxyl groups is 1. The fraction of sp³-hybridized carbons (Fsp3) is 0.769. The molecule has 0 unspecified atom stereocenters. The molecule has 1 aromatic rings. The second kappa shape index (κ2) is 11.3. The Labute approximate surface area is 172 Å². The zero-order chi connectivity index (χ0) is 19.8. The summed E-state index contributed by atoms with van der Waals surface area (Å²) in [5, 5.41) is 8.98. The SMILES string of the molecule is CCCCC1CCC(C2CCC(CCc3ccc(CCO)c(F)c3)CC2)CC1. The summed E-state index contributed by atoms with van der Waals surface area (Å²) in [4.78, 5) is 0. The third kappa shape index (κ3) is 6.31. The van der Waals surface area contributed by atoms with Crippen molar-refractivity contribution in [3.63, 3.8) is 0 Å². The van der Waals surface area contributed by atoms with Gasteiger partial charge in [-0.1, -0.05) is 64.0 Å². The summed E-state index contributed by atoms with van der Waals surface area (Å²) in [7, 11) is 0. The minimum atomic E-state index is -0.148. The summed E-state index contributed by atoms with van der Waals surface area (Å²) in [6.45, 7) is 2.33. The monoisotopic (exact) mass is 388 g/mol. The van der Waals surface area contributed by atoms with Crippen LogP contribution in [0.1, 0.15) is 95.1 Å². The van der Waals surface area contributed by atoms with E-state index in [4.69, 9.17) is 5.11 Å². The van der Waals surface area contributed by atoms with Crippen molar-refractivity contribution in [2.75, 3.05) is 6.61 Å². The molecule has 1 aromatic carbocycles. The van der Waals surface area contributed by atoms with Gasteiger partial charge in [0.15, 0.2) is 0 Å². The third-order valence-electron chi connectivity index (χ3n) is 7.76. The van der Waals surface area contributed by atoms with Crippen LogP contribution in [-0.2, 0) is 12.8 Å². The van der Waals surface area contributed by atoms with Crippen LogP contribution in [0.5, 0.6) is 0 Å². The van der Waals surface area contributed by atoms with Crippen molar-refractivity contribution in [2.24, 2.45) is 23.7 Å². The van der Waals surface area contributed by atoms with Crippen molar-refractivity contribution in [2.45, 2.75) is 96.8 Å². The lowest BCUT2D eigenvalue weighted by atomic mass is 9.68. The van der Waals surface area contributed by atoms with Crippen LogP contribution in [0.15, 0.2) is 18.2 Å². The smallest absolute Gasteiger partial charge is 0.126 e. The Morgan fingerprint density at radius 3 is 2.00 bits per heavy atom. The Bertz CT molecular complexity index is 568. The average molecular weight is 389 g/mol. The highest BCUT2D eigenvalue weighted by atomic mass is 19.1. The molecule has 0 aliphatic heterocycles. The number of unbranched alkanes of at least 4 members (excludes halogenated alkanes) is 1. The largest absolute Gasteiger partial charge is 0.396 e. The highest BCUT2D eigenvalue weighted by molar-refractivity contribution is 5.24. The number of hydrogen-bond acceptors (Lipinski definition) is 1. The Morgan fingerprint density at radius 1 is 0.857 bits per heavy atom. The predicted octanol–water partition coefficient (Wildman–Crippen LogP) is 7.10. The van der Waals surface area contributed by atoms with Crippen molar-refractivity contribution < 1.29 is 9.50 Å². The van der Waals surface area contributed by atoms with Crippen LogP contribution in [-0.4, -0.2) is 11.7 Å². The second-order valence-corrected chi connectivity index (χ2v) is 9.64. The minimum Gasteiger partial charge on any atom is -0.396 e. The van der Waals surface area contributed by atoms with Gasteiger partial charge in [0, 0.05) is 6.61 Å². The van der Waals surface area contributed by atoms with E-state index in [1.165, 1.54) is 77.0 Å². The summed E-state index contributed by atoms with van der Waals surface area (Å²) < 4.78 is 14.0. The molecule has 2 fully saturated rings. The molecule has 0 heterocycles. The van der Waals surface area contributed by atoms with Crippen molar-refractivity contribution in [1.82, 2.24) is 0 Å². The fourth-order valence-electron chi connectivity index (χ4n) is 5.83. The molecular weight excluding hydrogens is 347 g/mol. The Balaban J connectivity index is 1.36. The van der Waals surface area contributed by atoms with Gasteiger partial charge < -0.3 is 5.11 Å². The van der Waals surface area contributed by atoms with Crippen molar-refractivity contribution in [3.05, 3.63) is 35.1 Å². The number of rotatable bonds is 9. The zero-order valence-electron chi connectivity index (χ0n) is 18.0. The van der Waals surface area contributed by atoms with E-state index in [1.807, 2.05) is 6.07 Å². The molecule has 3 rings (SSSR count). The number of aliphatic hydroxyl groups excluding tert-OH is 1. The molecule has 0 bridgehead atoms. The Kier molecular flexibility index (Phi) is 8.83. The molecule has 2 heteroatoms. The summed E-state index contributed by atoms with van der Waals surface area (Å²) in [5.74, 6) is 3.70. The van der Waals surface area contributed by atoms with E-state index < -0.39 is 0 Å². The fourth-order valence-corrected chi connectivity index (χ4v) is 5.83. The van der Waals surface area contributed by atoms with Gasteiger partial charge in [-0.15, -0.1) is 0 Å². The first-order valence-electron chi connectivity index (χ1n) is 12.1. The first-order chi connectivity index (χ1) is 13.7. The van der Waals surface area contributed by atoms with Gasteiger partial charge in [0.2, 0.25) is 0 Å². The van der Waals surface area contributed by atoms with Gasteiger partial charge in [-0.2, -0.15) is 0 Å². The van der Waals surface area contributed by atoms with Crippen molar-refractivity contribution in [3.8, 4) is 0 Å². The zero-order valence-corrected chi connectivity index (χ0v) is 18.0. The molecular formula is C26H41FO. The maximum atomic E-state index is 14.0. The molecule has 28 heavy (non-hydrogen) atoms. The third-order valence-corrected chi connectivity index (χ3v) is 7.76. The lowest BCUT2D eigenvalue weighted by Crippen LogP contribution is -2.26. The van der Waals surface area contributed by atoms with Crippen LogP contribution < -0.4 is 0 Å². The van der Waals surface area contributed by atoms with Crippen LogP contribution in [0.25, 0.3) is 0 Å². The van der Waals surface area contributed by atoms with Gasteiger partial charge in [-0.25, -0.2) is 4.39 Å². The minimum absolute atomic E-state index is 0.0138. The summed E-state index contributed by atoms with van der Waals surface area (Å²) in [5.41, 5.74) is 1.75. The van der Waals surface area contributed by atoms with E-state index in [2.05, 4.69) is 13.0 Å². The van der Waals surface area contributed by atoms with Crippen LogP contribution in [0, 0.1) is 29.5 Å². The van der Waals surface area contributed by atoms with E-state index in [1.54, 1.807) is 6.07 Å². The molecule has 0 radical (unpaired) electrons. The molecule has 0 amide bonds. The van der Waals surface area contributed by atoms with Gasteiger partial charge in [0.05, 0.1) is 0 Å². The highest BCUT2D eigenvalue weighted by Crippen LogP contribution is 2.43. The lowest BCUT2D eigenvalue weighted by Gasteiger charge is -2.38. The molecule has 2 saturated carbocycles. The highest BCUT2D eigenvalue weighted by Gasteiger charge is 2.30. The molecule has 0 atom stereocenters. The van der Waals surface area contributed by atoms with E-state index in [-0.39, 0.29) is 12.4 Å². The van der Waals surface area contributed by atoms with E-state index >= 15 is 0 Å². The maximum absolute atomic E-state index is 14.0. The lowest BCUT2D eigenvalue weighted by molar-refractivity contribution is 0.140. The number of aryl methyl sites for hydroxylation is 1. The molecule has 0 spiro atoms. The van der Waals surface area contributed by atoms with Crippen molar-refractivity contribution in [1.29, 1.82) is 0 Å². The normalized spacial score (nSPS) is 28.4. The summed E-state index contributed by atoms with van der Waals surface area (Å²) >= 11 is 0. The number of hydrogen-bond donors (Lipinski definition) is 1. The van der Waals surface area contributed by atoms with Crippen LogP contribution in [0.3, 0.4) is 0 Å². The van der Waals surface area contributed by atoms with E-state index in [0.29, 0.717) is 12.0 Å². The van der Waals surface area contributed by atoms with Gasteiger partial charge in [0.25, 0.3) is 0 Å². The predicted molar refractivity (Wildman–Crippen MR) is 116 cm³/mol. The Hall–Kier alpha value is -0.890. The van der Waals surface area contributed by atoms with E-state index in [9.17, 15) is 4.39 Å². The average Bonchev–Trinajstić information content (AvgIpc) is 2.73. The quantitative estimate of drug-likeness (QED) is 0.478. The first-order valence-corrected chi connectivity index (χ1v) is 12.1. The molecule has 1 N–H and O–H groups in total. The van der Waals surface area contributed by atoms with Crippen molar-refractivity contribution >= 4 is 0 Å². The molecule has 0 saturated heterocycles. The molecule has 158 valence electrons. The van der Waals surface area contributed by atoms with E-state index in [0.717, 1.165) is 35.7 Å². The van der Waals surface area contributed by atoms with Crippen LogP contribution in [0.4, 0.5) is 4.39 Å². The van der Waals surface area contributed by atoms with Gasteiger partial charge in [0.1, 0.15) is 5.82 Å². The Morgan fingerprint density at radius 2 is 1.46 bits per heavy atom. The number of halogens is 1. The first kappa shape index (κ1) is 21.8. The summed E-state index contributed by atoms with van der Waals surface area (Å²) in [6.07, 6.45) is 18.4. The molecule has 0 aromatic heterocycles. The van der Waals surface area contributed by atoms with Gasteiger partial charge in [-0.05, 0) is 85.8 Å². The standard InChI is InChI=1S/C26H41FO/c1-2-3-4-20-7-12-23(13-8-20)24-14-9-21(10-15-24)5-6-22-11-16-25(17-18-28)26(27)19-22/h11,16,19-21,23-24,28H,2-10,12-15,17-18H2,1H3. The molecule has 1 nitrogen and oxygen atoms in total. The number of benzene rings is 1. The maximum Gasteiger partial charge on any atom is 0.126 e. The van der Waals surface area contributed by atoms with Crippen LogP contribution in [0.2, 0.25) is 0 Å². The van der Waals surface area contributed by atoms with Gasteiger partial charge in [-0.3, -0.25) is 0 Å². The molecule has 2 aliphatic rings. The summed E-state index contributed by atoms with van der Waals surface area (Å²) in [6, 6.07) is 5.60.